The first kappa shape index (κ1) is 10.0. The van der Waals surface area contributed by atoms with Crippen LogP contribution in [-0.4, -0.2) is 15.0 Å². The van der Waals surface area contributed by atoms with Gasteiger partial charge in [0.2, 0.25) is 0 Å². The summed E-state index contributed by atoms with van der Waals surface area (Å²) in [4.78, 5) is 12.9. The second-order valence-corrected chi connectivity index (χ2v) is 4.11. The molecule has 5 heteroatoms. The van der Waals surface area contributed by atoms with Crippen molar-refractivity contribution in [3.63, 3.8) is 0 Å². The Labute approximate surface area is 92.2 Å². The summed E-state index contributed by atoms with van der Waals surface area (Å²) in [5.41, 5.74) is 7.64. The molecule has 0 atom stereocenters. The second-order valence-electron chi connectivity index (χ2n) is 3.26. The molecule has 0 aromatic carbocycles. The lowest BCUT2D eigenvalue weighted by Crippen LogP contribution is -1.99. The van der Waals surface area contributed by atoms with Crippen molar-refractivity contribution in [1.29, 1.82) is 0 Å². The SMILES string of the molecule is CCc1cc(N)nc(-c2nc(C)cs2)n1. The van der Waals surface area contributed by atoms with Crippen LogP contribution in [0.25, 0.3) is 10.8 Å². The average Bonchev–Trinajstić information content (AvgIpc) is 2.64. The van der Waals surface area contributed by atoms with Gasteiger partial charge in [-0.25, -0.2) is 15.0 Å². The Kier molecular flexibility index (Phi) is 2.64. The Balaban J connectivity index is 2.48. The Morgan fingerprint density at radius 3 is 2.73 bits per heavy atom. The third-order valence-electron chi connectivity index (χ3n) is 1.97. The maximum atomic E-state index is 5.70. The van der Waals surface area contributed by atoms with Crippen LogP contribution in [0.1, 0.15) is 18.3 Å². The molecule has 2 aromatic rings. The molecule has 0 amide bonds. The summed E-state index contributed by atoms with van der Waals surface area (Å²) in [5.74, 6) is 1.13. The van der Waals surface area contributed by atoms with Crippen molar-refractivity contribution in [2.75, 3.05) is 5.73 Å². The van der Waals surface area contributed by atoms with Gasteiger partial charge < -0.3 is 5.73 Å². The van der Waals surface area contributed by atoms with Crippen molar-refractivity contribution in [1.82, 2.24) is 15.0 Å². The first-order valence-corrected chi connectivity index (χ1v) is 5.63. The first-order valence-electron chi connectivity index (χ1n) is 4.75. The third-order valence-corrected chi connectivity index (χ3v) is 2.93. The van der Waals surface area contributed by atoms with Gasteiger partial charge in [-0.2, -0.15) is 0 Å². The molecule has 0 bridgehead atoms. The molecule has 0 aliphatic carbocycles. The molecular weight excluding hydrogens is 208 g/mol. The van der Waals surface area contributed by atoms with Crippen LogP contribution in [0.15, 0.2) is 11.4 Å². The summed E-state index contributed by atoms with van der Waals surface area (Å²) in [6.45, 7) is 3.99. The standard InChI is InChI=1S/C10H12N4S/c1-3-7-4-8(11)14-9(13-7)10-12-6(2)5-15-10/h4-5H,3H2,1-2H3,(H2,11,13,14). The summed E-state index contributed by atoms with van der Waals surface area (Å²) < 4.78 is 0. The van der Waals surface area contributed by atoms with E-state index in [-0.39, 0.29) is 0 Å². The number of nitrogens with zero attached hydrogens (tertiary/aromatic N) is 3. The largest absolute Gasteiger partial charge is 0.384 e. The fraction of sp³-hybridized carbons (Fsp3) is 0.300. The normalized spacial score (nSPS) is 10.5. The highest BCUT2D eigenvalue weighted by Gasteiger charge is 2.07. The Bertz CT molecular complexity index is 478. The predicted octanol–water partition coefficient (Wildman–Crippen LogP) is 2.05. The lowest BCUT2D eigenvalue weighted by atomic mass is 10.3. The van der Waals surface area contributed by atoms with Crippen LogP contribution >= 0.6 is 11.3 Å². The van der Waals surface area contributed by atoms with E-state index < -0.39 is 0 Å². The van der Waals surface area contributed by atoms with Crippen LogP contribution in [0, 0.1) is 6.92 Å². The number of nitrogen functional groups attached to an aromatic ring is 1. The predicted molar refractivity (Wildman–Crippen MR) is 61.7 cm³/mol. The van der Waals surface area contributed by atoms with Gasteiger partial charge in [0.25, 0.3) is 0 Å². The minimum atomic E-state index is 0.504. The molecule has 2 aromatic heterocycles. The monoisotopic (exact) mass is 220 g/mol. The van der Waals surface area contributed by atoms with E-state index in [0.717, 1.165) is 22.8 Å². The van der Waals surface area contributed by atoms with Crippen molar-refractivity contribution in [2.24, 2.45) is 0 Å². The zero-order valence-corrected chi connectivity index (χ0v) is 9.51. The molecule has 15 heavy (non-hydrogen) atoms. The molecule has 2 rings (SSSR count). The van der Waals surface area contributed by atoms with E-state index >= 15 is 0 Å². The number of thiazole rings is 1. The topological polar surface area (TPSA) is 64.7 Å². The van der Waals surface area contributed by atoms with Crippen LogP contribution in [0.5, 0.6) is 0 Å². The third kappa shape index (κ3) is 2.12. The van der Waals surface area contributed by atoms with Crippen LogP contribution in [-0.2, 0) is 6.42 Å². The van der Waals surface area contributed by atoms with E-state index in [9.17, 15) is 0 Å². The molecule has 4 nitrogen and oxygen atoms in total. The fourth-order valence-corrected chi connectivity index (χ4v) is 1.98. The molecule has 78 valence electrons. The number of aromatic nitrogens is 3. The van der Waals surface area contributed by atoms with Gasteiger partial charge in [-0.1, -0.05) is 6.92 Å². The van der Waals surface area contributed by atoms with E-state index in [0.29, 0.717) is 11.6 Å². The number of nitrogens with two attached hydrogens (primary N) is 1. The van der Waals surface area contributed by atoms with Gasteiger partial charge in [0.15, 0.2) is 10.8 Å². The van der Waals surface area contributed by atoms with Crippen molar-refractivity contribution in [3.05, 3.63) is 22.8 Å². The van der Waals surface area contributed by atoms with Gasteiger partial charge in [0, 0.05) is 22.8 Å². The molecule has 0 radical (unpaired) electrons. The first-order chi connectivity index (χ1) is 7.19. The Morgan fingerprint density at radius 1 is 1.33 bits per heavy atom. The van der Waals surface area contributed by atoms with Gasteiger partial charge >= 0.3 is 0 Å². The zero-order chi connectivity index (χ0) is 10.8. The van der Waals surface area contributed by atoms with Crippen LogP contribution < -0.4 is 5.73 Å². The summed E-state index contributed by atoms with van der Waals surface area (Å²) in [7, 11) is 0. The van der Waals surface area contributed by atoms with Crippen LogP contribution in [0.2, 0.25) is 0 Å². The van der Waals surface area contributed by atoms with Crippen LogP contribution in [0.3, 0.4) is 0 Å². The molecule has 2 heterocycles. The second kappa shape index (κ2) is 3.94. The summed E-state index contributed by atoms with van der Waals surface area (Å²) in [6.07, 6.45) is 0.851. The zero-order valence-electron chi connectivity index (χ0n) is 8.69. The maximum Gasteiger partial charge on any atom is 0.190 e. The van der Waals surface area contributed by atoms with E-state index in [4.69, 9.17) is 5.73 Å². The maximum absolute atomic E-state index is 5.70. The Morgan fingerprint density at radius 2 is 2.13 bits per heavy atom. The minimum Gasteiger partial charge on any atom is -0.384 e. The fourth-order valence-electron chi connectivity index (χ4n) is 1.25. The van der Waals surface area contributed by atoms with Gasteiger partial charge in [0.1, 0.15) is 5.82 Å². The highest BCUT2D eigenvalue weighted by Crippen LogP contribution is 2.21. The minimum absolute atomic E-state index is 0.504. The highest BCUT2D eigenvalue weighted by atomic mass is 32.1. The molecule has 2 N–H and O–H groups in total. The van der Waals surface area contributed by atoms with Gasteiger partial charge in [-0.3, -0.25) is 0 Å². The summed E-state index contributed by atoms with van der Waals surface area (Å²) >= 11 is 1.54. The lowest BCUT2D eigenvalue weighted by molar-refractivity contribution is 1.01. The molecule has 0 fully saturated rings. The van der Waals surface area contributed by atoms with E-state index in [2.05, 4.69) is 15.0 Å². The van der Waals surface area contributed by atoms with Crippen molar-refractivity contribution in [2.45, 2.75) is 20.3 Å². The molecular formula is C10H12N4S. The number of rotatable bonds is 2. The van der Waals surface area contributed by atoms with Gasteiger partial charge in [-0.15, -0.1) is 11.3 Å². The highest BCUT2D eigenvalue weighted by molar-refractivity contribution is 7.13. The summed E-state index contributed by atoms with van der Waals surface area (Å²) in [6, 6.07) is 1.80. The van der Waals surface area contributed by atoms with Crippen LogP contribution in [0.4, 0.5) is 5.82 Å². The molecule has 0 unspecified atom stereocenters. The molecule has 0 aliphatic heterocycles. The molecule has 0 spiro atoms. The number of aryl methyl sites for hydroxylation is 2. The Hall–Kier alpha value is -1.49. The van der Waals surface area contributed by atoms with E-state index in [1.165, 1.54) is 11.3 Å². The lowest BCUT2D eigenvalue weighted by Gasteiger charge is -2.01. The summed E-state index contributed by atoms with van der Waals surface area (Å²) in [5, 5.41) is 2.81. The molecule has 0 saturated heterocycles. The number of anilines is 1. The quantitative estimate of drug-likeness (QED) is 0.841. The van der Waals surface area contributed by atoms with E-state index in [1.807, 2.05) is 19.2 Å². The van der Waals surface area contributed by atoms with E-state index in [1.54, 1.807) is 6.07 Å². The molecule has 0 aliphatic rings. The van der Waals surface area contributed by atoms with Crippen molar-refractivity contribution in [3.8, 4) is 10.8 Å². The van der Waals surface area contributed by atoms with Gasteiger partial charge in [-0.05, 0) is 13.3 Å². The smallest absolute Gasteiger partial charge is 0.190 e. The number of hydrogen-bond acceptors (Lipinski definition) is 5. The van der Waals surface area contributed by atoms with Crippen molar-refractivity contribution < 1.29 is 0 Å². The average molecular weight is 220 g/mol. The van der Waals surface area contributed by atoms with Crippen molar-refractivity contribution >= 4 is 17.2 Å². The van der Waals surface area contributed by atoms with Gasteiger partial charge in [0.05, 0.1) is 0 Å². The molecule has 0 saturated carbocycles. The number of hydrogen-bond donors (Lipinski definition) is 1.